The molecule has 0 aliphatic carbocycles. The molecule has 2 aromatic rings. The second-order valence-electron chi connectivity index (χ2n) is 4.78. The van der Waals surface area contributed by atoms with Crippen LogP contribution in [0.4, 0.5) is 0 Å². The molecule has 0 aromatic carbocycles. The van der Waals surface area contributed by atoms with Crippen molar-refractivity contribution >= 4 is 17.4 Å². The molecule has 18 heavy (non-hydrogen) atoms. The van der Waals surface area contributed by atoms with E-state index in [1.165, 1.54) is 24.3 Å². The Balaban J connectivity index is 1.84. The highest BCUT2D eigenvalue weighted by Crippen LogP contribution is 2.25. The largest absolute Gasteiger partial charge is 0.325 e. The first kappa shape index (κ1) is 12.0. The fourth-order valence-electron chi connectivity index (χ4n) is 2.45. The number of nitrogens with zero attached hydrogens (tertiary/aromatic N) is 3. The minimum Gasteiger partial charge on any atom is -0.325 e. The molecule has 2 aromatic heterocycles. The van der Waals surface area contributed by atoms with Crippen LogP contribution in [0.5, 0.6) is 0 Å². The molecule has 4 nitrogen and oxygen atoms in total. The second-order valence-corrected chi connectivity index (χ2v) is 6.00. The van der Waals surface area contributed by atoms with Crippen LogP contribution >= 0.6 is 11.8 Å². The SMILES string of the molecule is NCc1cccc2nc(CC3CCSCC3)nn12. The lowest BCUT2D eigenvalue weighted by atomic mass is 9.99. The van der Waals surface area contributed by atoms with Crippen LogP contribution in [0.15, 0.2) is 18.2 Å². The number of hydrogen-bond donors (Lipinski definition) is 1. The summed E-state index contributed by atoms with van der Waals surface area (Å²) in [5.41, 5.74) is 7.65. The van der Waals surface area contributed by atoms with Crippen molar-refractivity contribution in [1.82, 2.24) is 14.6 Å². The van der Waals surface area contributed by atoms with E-state index < -0.39 is 0 Å². The molecule has 0 atom stereocenters. The van der Waals surface area contributed by atoms with Gasteiger partial charge in [-0.2, -0.15) is 16.9 Å². The van der Waals surface area contributed by atoms with E-state index in [9.17, 15) is 0 Å². The summed E-state index contributed by atoms with van der Waals surface area (Å²) in [6.07, 6.45) is 3.60. The van der Waals surface area contributed by atoms with Crippen LogP contribution in [-0.2, 0) is 13.0 Å². The molecule has 1 aliphatic heterocycles. The van der Waals surface area contributed by atoms with Crippen LogP contribution in [0.25, 0.3) is 5.65 Å². The maximum atomic E-state index is 5.72. The Morgan fingerprint density at radius 1 is 1.33 bits per heavy atom. The van der Waals surface area contributed by atoms with Gasteiger partial charge >= 0.3 is 0 Å². The lowest BCUT2D eigenvalue weighted by Gasteiger charge is -2.19. The zero-order valence-corrected chi connectivity index (χ0v) is 11.2. The average Bonchev–Trinajstić information content (AvgIpc) is 2.82. The predicted octanol–water partition coefficient (Wildman–Crippen LogP) is 1.87. The van der Waals surface area contributed by atoms with Crippen LogP contribution in [0.2, 0.25) is 0 Å². The van der Waals surface area contributed by atoms with Gasteiger partial charge in [-0.05, 0) is 42.4 Å². The summed E-state index contributed by atoms with van der Waals surface area (Å²) in [5, 5.41) is 4.60. The highest BCUT2D eigenvalue weighted by Gasteiger charge is 2.17. The summed E-state index contributed by atoms with van der Waals surface area (Å²) >= 11 is 2.06. The Labute approximate surface area is 111 Å². The smallest absolute Gasteiger partial charge is 0.155 e. The lowest BCUT2D eigenvalue weighted by Crippen LogP contribution is -2.13. The predicted molar refractivity (Wildman–Crippen MR) is 74.6 cm³/mol. The number of rotatable bonds is 3. The third kappa shape index (κ3) is 2.37. The molecular formula is C13H18N4S. The van der Waals surface area contributed by atoms with E-state index in [4.69, 9.17) is 5.73 Å². The standard InChI is InChI=1S/C13H18N4S/c14-9-11-2-1-3-13-15-12(16-17(11)13)8-10-4-6-18-7-5-10/h1-3,10H,4-9,14H2. The van der Waals surface area contributed by atoms with E-state index in [1.807, 2.05) is 22.7 Å². The number of pyridine rings is 1. The van der Waals surface area contributed by atoms with Gasteiger partial charge in [-0.25, -0.2) is 9.50 Å². The number of thioether (sulfide) groups is 1. The molecule has 0 radical (unpaired) electrons. The molecule has 1 saturated heterocycles. The molecule has 0 amide bonds. The van der Waals surface area contributed by atoms with Crippen molar-refractivity contribution in [1.29, 1.82) is 0 Å². The Kier molecular flexibility index (Phi) is 3.52. The van der Waals surface area contributed by atoms with Gasteiger partial charge in [0, 0.05) is 13.0 Å². The Morgan fingerprint density at radius 2 is 2.17 bits per heavy atom. The number of aromatic nitrogens is 3. The monoisotopic (exact) mass is 262 g/mol. The Hall–Kier alpha value is -1.07. The van der Waals surface area contributed by atoms with Crippen LogP contribution in [0, 0.1) is 5.92 Å². The van der Waals surface area contributed by atoms with Gasteiger partial charge in [0.15, 0.2) is 11.5 Å². The summed E-state index contributed by atoms with van der Waals surface area (Å²) in [6, 6.07) is 5.99. The first-order valence-electron chi connectivity index (χ1n) is 6.48. The molecule has 1 aliphatic rings. The maximum absolute atomic E-state index is 5.72. The van der Waals surface area contributed by atoms with E-state index >= 15 is 0 Å². The van der Waals surface area contributed by atoms with Crippen molar-refractivity contribution in [3.8, 4) is 0 Å². The summed E-state index contributed by atoms with van der Waals surface area (Å²) in [7, 11) is 0. The van der Waals surface area contributed by atoms with Gasteiger partial charge in [0.25, 0.3) is 0 Å². The van der Waals surface area contributed by atoms with E-state index in [-0.39, 0.29) is 0 Å². The van der Waals surface area contributed by atoms with Crippen LogP contribution in [-0.4, -0.2) is 26.1 Å². The van der Waals surface area contributed by atoms with Gasteiger partial charge < -0.3 is 5.73 Å². The van der Waals surface area contributed by atoms with Crippen molar-refractivity contribution in [3.05, 3.63) is 29.7 Å². The molecule has 2 N–H and O–H groups in total. The lowest BCUT2D eigenvalue weighted by molar-refractivity contribution is 0.476. The Morgan fingerprint density at radius 3 is 2.94 bits per heavy atom. The van der Waals surface area contributed by atoms with E-state index in [0.29, 0.717) is 6.54 Å². The van der Waals surface area contributed by atoms with Crippen molar-refractivity contribution in [2.24, 2.45) is 11.7 Å². The molecular weight excluding hydrogens is 244 g/mol. The van der Waals surface area contributed by atoms with Crippen LogP contribution in [0.3, 0.4) is 0 Å². The van der Waals surface area contributed by atoms with Crippen molar-refractivity contribution in [2.75, 3.05) is 11.5 Å². The topological polar surface area (TPSA) is 56.2 Å². The average molecular weight is 262 g/mol. The molecule has 1 fully saturated rings. The number of hydrogen-bond acceptors (Lipinski definition) is 4. The van der Waals surface area contributed by atoms with E-state index in [1.54, 1.807) is 0 Å². The summed E-state index contributed by atoms with van der Waals surface area (Å²) in [4.78, 5) is 4.60. The zero-order valence-electron chi connectivity index (χ0n) is 10.4. The van der Waals surface area contributed by atoms with Gasteiger partial charge in [0.1, 0.15) is 0 Å². The molecule has 5 heteroatoms. The highest BCUT2D eigenvalue weighted by molar-refractivity contribution is 7.99. The third-order valence-electron chi connectivity index (χ3n) is 3.50. The highest BCUT2D eigenvalue weighted by atomic mass is 32.2. The second kappa shape index (κ2) is 5.28. The van der Waals surface area contributed by atoms with Crippen LogP contribution in [0.1, 0.15) is 24.4 Å². The minimum absolute atomic E-state index is 0.500. The minimum atomic E-state index is 0.500. The van der Waals surface area contributed by atoms with Gasteiger partial charge in [-0.3, -0.25) is 0 Å². The van der Waals surface area contributed by atoms with Gasteiger partial charge in [-0.15, -0.1) is 0 Å². The molecule has 0 saturated carbocycles. The molecule has 0 bridgehead atoms. The first-order chi connectivity index (χ1) is 8.86. The first-order valence-corrected chi connectivity index (χ1v) is 7.63. The summed E-state index contributed by atoms with van der Waals surface area (Å²) in [5.74, 6) is 4.29. The third-order valence-corrected chi connectivity index (χ3v) is 4.55. The van der Waals surface area contributed by atoms with Gasteiger partial charge in [0.05, 0.1) is 5.69 Å². The van der Waals surface area contributed by atoms with Gasteiger partial charge in [0.2, 0.25) is 0 Å². The number of fused-ring (bicyclic) bond motifs is 1. The molecule has 3 heterocycles. The fraction of sp³-hybridized carbons (Fsp3) is 0.538. The van der Waals surface area contributed by atoms with Crippen molar-refractivity contribution in [3.63, 3.8) is 0 Å². The molecule has 0 spiro atoms. The molecule has 96 valence electrons. The van der Waals surface area contributed by atoms with Crippen LogP contribution < -0.4 is 5.73 Å². The molecule has 3 rings (SSSR count). The zero-order chi connectivity index (χ0) is 12.4. The quantitative estimate of drug-likeness (QED) is 0.917. The summed E-state index contributed by atoms with van der Waals surface area (Å²) in [6.45, 7) is 0.500. The Bertz CT molecular complexity index is 531. The summed E-state index contributed by atoms with van der Waals surface area (Å²) < 4.78 is 1.88. The van der Waals surface area contributed by atoms with Gasteiger partial charge in [-0.1, -0.05) is 6.07 Å². The van der Waals surface area contributed by atoms with Crippen molar-refractivity contribution in [2.45, 2.75) is 25.8 Å². The van der Waals surface area contributed by atoms with E-state index in [0.717, 1.165) is 29.5 Å². The van der Waals surface area contributed by atoms with Crippen molar-refractivity contribution < 1.29 is 0 Å². The maximum Gasteiger partial charge on any atom is 0.155 e. The fourth-order valence-corrected chi connectivity index (χ4v) is 3.66. The number of nitrogens with two attached hydrogens (primary N) is 1. The van der Waals surface area contributed by atoms with E-state index in [2.05, 4.69) is 21.8 Å². The molecule has 0 unspecified atom stereocenters. The normalized spacial score (nSPS) is 17.4.